The Labute approximate surface area is 181 Å². The molecule has 0 spiro atoms. The van der Waals surface area contributed by atoms with E-state index < -0.39 is 10.8 Å². The molecule has 1 aromatic heterocycles. The van der Waals surface area contributed by atoms with Crippen LogP contribution in [0.3, 0.4) is 0 Å². The summed E-state index contributed by atoms with van der Waals surface area (Å²) in [6.07, 6.45) is 0.689. The quantitative estimate of drug-likeness (QED) is 0.367. The number of rotatable bonds is 7. The van der Waals surface area contributed by atoms with Gasteiger partial charge in [0.05, 0.1) is 25.2 Å². The third-order valence-electron chi connectivity index (χ3n) is 4.21. The third kappa shape index (κ3) is 4.84. The summed E-state index contributed by atoms with van der Waals surface area (Å²) >= 11 is 13.8. The number of halogens is 2. The summed E-state index contributed by atoms with van der Waals surface area (Å²) in [5, 5.41) is 12.3. The number of carbonyl (C=O) groups excluding carboxylic acids is 1. The fourth-order valence-corrected chi connectivity index (χ4v) is 4.27. The highest BCUT2D eigenvalue weighted by Crippen LogP contribution is 2.34. The van der Waals surface area contributed by atoms with E-state index >= 15 is 0 Å². The fourth-order valence-electron chi connectivity index (χ4n) is 2.78. The van der Waals surface area contributed by atoms with Crippen LogP contribution >= 0.6 is 34.5 Å². The van der Waals surface area contributed by atoms with Gasteiger partial charge in [0.2, 0.25) is 0 Å². The molecule has 0 aliphatic carbocycles. The Morgan fingerprint density at radius 1 is 1.17 bits per heavy atom. The second kappa shape index (κ2) is 9.04. The monoisotopic (exact) mass is 452 g/mol. The maximum atomic E-state index is 13.3. The molecule has 0 saturated heterocycles. The second-order valence-electron chi connectivity index (χ2n) is 6.62. The van der Waals surface area contributed by atoms with Gasteiger partial charge >= 0.3 is 0 Å². The van der Waals surface area contributed by atoms with Gasteiger partial charge in [-0.05, 0) is 45.3 Å². The normalized spacial score (nSPS) is 11.2. The molecule has 3 aromatic rings. The van der Waals surface area contributed by atoms with Gasteiger partial charge in [0, 0.05) is 18.7 Å². The molecule has 0 unspecified atom stereocenters. The molecule has 0 aliphatic rings. The summed E-state index contributed by atoms with van der Waals surface area (Å²) in [7, 11) is 3.89. The molecule has 0 saturated carbocycles. The molecule has 152 valence electrons. The van der Waals surface area contributed by atoms with E-state index in [0.29, 0.717) is 28.6 Å². The van der Waals surface area contributed by atoms with Crippen molar-refractivity contribution in [3.8, 4) is 0 Å². The van der Waals surface area contributed by atoms with Crippen LogP contribution < -0.4 is 4.90 Å². The number of hydrogen-bond donors (Lipinski definition) is 0. The lowest BCUT2D eigenvalue weighted by molar-refractivity contribution is -0.384. The molecular weight excluding hydrogens is 435 g/mol. The fraction of sp³-hybridized carbons (Fsp3) is 0.263. The summed E-state index contributed by atoms with van der Waals surface area (Å²) in [5.41, 5.74) is 0.485. The van der Waals surface area contributed by atoms with Crippen LogP contribution in [0.25, 0.3) is 10.2 Å². The molecule has 0 radical (unpaired) electrons. The SMILES string of the molecule is CN(C)CCCN(C(=O)c1cc([N+](=O)[O-])ccc1Cl)c1nc2c(Cl)cccc2s1. The third-order valence-corrected chi connectivity index (χ3v) is 5.89. The maximum Gasteiger partial charge on any atom is 0.270 e. The Morgan fingerprint density at radius 2 is 1.93 bits per heavy atom. The number of aromatic nitrogens is 1. The number of amides is 1. The van der Waals surface area contributed by atoms with Gasteiger partial charge in [-0.2, -0.15) is 0 Å². The van der Waals surface area contributed by atoms with E-state index in [0.717, 1.165) is 11.2 Å². The van der Waals surface area contributed by atoms with Gasteiger partial charge in [0.15, 0.2) is 5.13 Å². The predicted molar refractivity (Wildman–Crippen MR) is 118 cm³/mol. The number of nitro benzene ring substituents is 1. The van der Waals surface area contributed by atoms with E-state index in [4.69, 9.17) is 23.2 Å². The van der Waals surface area contributed by atoms with Crippen molar-refractivity contribution in [3.63, 3.8) is 0 Å². The van der Waals surface area contributed by atoms with Crippen molar-refractivity contribution in [2.24, 2.45) is 0 Å². The number of para-hydroxylation sites is 1. The van der Waals surface area contributed by atoms with Crippen LogP contribution in [0.1, 0.15) is 16.8 Å². The number of non-ortho nitro benzene ring substituents is 1. The largest absolute Gasteiger partial charge is 0.309 e. The Bertz CT molecular complexity index is 1070. The number of nitrogens with zero attached hydrogens (tertiary/aromatic N) is 4. The molecule has 0 aliphatic heterocycles. The van der Waals surface area contributed by atoms with E-state index in [9.17, 15) is 14.9 Å². The molecule has 0 bridgehead atoms. The highest BCUT2D eigenvalue weighted by molar-refractivity contribution is 7.22. The van der Waals surface area contributed by atoms with Crippen molar-refractivity contribution in [2.45, 2.75) is 6.42 Å². The number of benzene rings is 2. The summed E-state index contributed by atoms with van der Waals surface area (Å²) in [6, 6.07) is 9.27. The van der Waals surface area contributed by atoms with Gasteiger partial charge < -0.3 is 4.90 Å². The van der Waals surface area contributed by atoms with Gasteiger partial charge in [-0.15, -0.1) is 0 Å². The molecule has 29 heavy (non-hydrogen) atoms. The average molecular weight is 453 g/mol. The van der Waals surface area contributed by atoms with Crippen LogP contribution in [0.15, 0.2) is 36.4 Å². The second-order valence-corrected chi connectivity index (χ2v) is 8.44. The zero-order chi connectivity index (χ0) is 21.1. The van der Waals surface area contributed by atoms with Crippen molar-refractivity contribution >= 4 is 61.5 Å². The number of nitro groups is 1. The van der Waals surface area contributed by atoms with Gasteiger partial charge in [-0.25, -0.2) is 4.98 Å². The van der Waals surface area contributed by atoms with Crippen molar-refractivity contribution in [2.75, 3.05) is 32.1 Å². The molecular formula is C19H18Cl2N4O3S. The molecule has 10 heteroatoms. The standard InChI is InChI=1S/C19H18Cl2N4O3S/c1-23(2)9-4-10-24(19-22-17-15(21)5-3-6-16(17)29-19)18(26)13-11-12(25(27)28)7-8-14(13)20/h3,5-8,11H,4,9-10H2,1-2H3. The Balaban J connectivity index is 2.02. The minimum absolute atomic E-state index is 0.0658. The molecule has 1 amide bonds. The first kappa shape index (κ1) is 21.4. The lowest BCUT2D eigenvalue weighted by atomic mass is 10.1. The first-order chi connectivity index (χ1) is 13.8. The van der Waals surface area contributed by atoms with Crippen LogP contribution in [0.4, 0.5) is 10.8 Å². The molecule has 0 N–H and O–H groups in total. The van der Waals surface area contributed by atoms with Crippen LogP contribution in [0.5, 0.6) is 0 Å². The number of anilines is 1. The van der Waals surface area contributed by atoms with Gasteiger partial charge in [-0.3, -0.25) is 19.8 Å². The predicted octanol–water partition coefficient (Wildman–Crippen LogP) is 5.11. The molecule has 0 atom stereocenters. The maximum absolute atomic E-state index is 13.3. The average Bonchev–Trinajstić information content (AvgIpc) is 3.10. The van der Waals surface area contributed by atoms with Gasteiger partial charge in [0.1, 0.15) is 5.52 Å². The lowest BCUT2D eigenvalue weighted by Gasteiger charge is -2.21. The highest BCUT2D eigenvalue weighted by atomic mass is 35.5. The molecule has 1 heterocycles. The zero-order valence-corrected chi connectivity index (χ0v) is 18.1. The van der Waals surface area contributed by atoms with Crippen molar-refractivity contribution in [1.82, 2.24) is 9.88 Å². The van der Waals surface area contributed by atoms with E-state index in [1.165, 1.54) is 34.4 Å². The van der Waals surface area contributed by atoms with Crippen LogP contribution in [-0.4, -0.2) is 47.9 Å². The highest BCUT2D eigenvalue weighted by Gasteiger charge is 2.25. The minimum atomic E-state index is -0.555. The summed E-state index contributed by atoms with van der Waals surface area (Å²) in [4.78, 5) is 32.0. The Morgan fingerprint density at radius 3 is 2.59 bits per heavy atom. The van der Waals surface area contributed by atoms with E-state index in [1.54, 1.807) is 6.07 Å². The van der Waals surface area contributed by atoms with Crippen LogP contribution in [0, 0.1) is 10.1 Å². The van der Waals surface area contributed by atoms with Crippen LogP contribution in [-0.2, 0) is 0 Å². The van der Waals surface area contributed by atoms with Crippen molar-refractivity contribution in [3.05, 3.63) is 62.1 Å². The van der Waals surface area contributed by atoms with E-state index in [-0.39, 0.29) is 16.3 Å². The van der Waals surface area contributed by atoms with Crippen LogP contribution in [0.2, 0.25) is 10.0 Å². The number of carbonyl (C=O) groups is 1. The Kier molecular flexibility index (Phi) is 6.69. The molecule has 2 aromatic carbocycles. The van der Waals surface area contributed by atoms with Crippen molar-refractivity contribution < 1.29 is 9.72 Å². The molecule has 3 rings (SSSR count). The topological polar surface area (TPSA) is 79.6 Å². The first-order valence-corrected chi connectivity index (χ1v) is 10.3. The first-order valence-electron chi connectivity index (χ1n) is 8.73. The lowest BCUT2D eigenvalue weighted by Crippen LogP contribution is -2.33. The Hall–Kier alpha value is -2.26. The van der Waals surface area contributed by atoms with E-state index in [1.807, 2.05) is 31.1 Å². The van der Waals surface area contributed by atoms with Crippen molar-refractivity contribution in [1.29, 1.82) is 0 Å². The minimum Gasteiger partial charge on any atom is -0.309 e. The van der Waals surface area contributed by atoms with Gasteiger partial charge in [-0.1, -0.05) is 40.6 Å². The molecule has 0 fully saturated rings. The summed E-state index contributed by atoms with van der Waals surface area (Å²) < 4.78 is 0.850. The number of hydrogen-bond acceptors (Lipinski definition) is 6. The summed E-state index contributed by atoms with van der Waals surface area (Å²) in [6.45, 7) is 1.14. The number of thiazole rings is 1. The smallest absolute Gasteiger partial charge is 0.270 e. The van der Waals surface area contributed by atoms with Gasteiger partial charge in [0.25, 0.3) is 11.6 Å². The zero-order valence-electron chi connectivity index (χ0n) is 15.8. The molecule has 7 nitrogen and oxygen atoms in total. The number of fused-ring (bicyclic) bond motifs is 1. The summed E-state index contributed by atoms with van der Waals surface area (Å²) in [5.74, 6) is -0.437. The van der Waals surface area contributed by atoms with E-state index in [2.05, 4.69) is 4.98 Å².